The molecule has 0 aliphatic carbocycles. The smallest absolute Gasteiger partial charge is 0.163 e. The summed E-state index contributed by atoms with van der Waals surface area (Å²) in [5, 5.41) is 0. The van der Waals surface area contributed by atoms with Crippen LogP contribution in [0.15, 0.2) is 36.4 Å². The zero-order chi connectivity index (χ0) is 14.7. The molecular weight excluding hydrogens is 262 g/mol. The monoisotopic (exact) mass is 283 g/mol. The molecule has 0 spiro atoms. The Hall–Kier alpha value is -2.14. The molecule has 5 nitrogen and oxygen atoms in total. The molecule has 110 valence electrons. The maximum atomic E-state index is 5.98. The summed E-state index contributed by atoms with van der Waals surface area (Å²) in [5.41, 5.74) is 6.98. The van der Waals surface area contributed by atoms with Gasteiger partial charge in [0.2, 0.25) is 0 Å². The molecule has 0 amide bonds. The van der Waals surface area contributed by atoms with E-state index in [0.29, 0.717) is 11.6 Å². The largest absolute Gasteiger partial charge is 0.384 e. The van der Waals surface area contributed by atoms with Gasteiger partial charge in [0.05, 0.1) is 0 Å². The molecule has 2 N–H and O–H groups in total. The third kappa shape index (κ3) is 3.31. The van der Waals surface area contributed by atoms with Crippen molar-refractivity contribution in [1.82, 2.24) is 14.9 Å². The van der Waals surface area contributed by atoms with Crippen LogP contribution < -0.4 is 10.6 Å². The Balaban J connectivity index is 1.91. The molecule has 1 aliphatic heterocycles. The van der Waals surface area contributed by atoms with Crippen LogP contribution in [0.25, 0.3) is 11.4 Å². The molecule has 1 aromatic heterocycles. The first-order valence-electron chi connectivity index (χ1n) is 7.36. The molecule has 3 rings (SSSR count). The van der Waals surface area contributed by atoms with Gasteiger partial charge in [-0.3, -0.25) is 0 Å². The first-order chi connectivity index (χ1) is 10.2. The van der Waals surface area contributed by atoms with Gasteiger partial charge < -0.3 is 15.5 Å². The summed E-state index contributed by atoms with van der Waals surface area (Å²) < 4.78 is 0. The van der Waals surface area contributed by atoms with Gasteiger partial charge in [0.15, 0.2) is 5.82 Å². The Morgan fingerprint density at radius 2 is 1.81 bits per heavy atom. The van der Waals surface area contributed by atoms with Gasteiger partial charge >= 0.3 is 0 Å². The Labute approximate surface area is 125 Å². The summed E-state index contributed by atoms with van der Waals surface area (Å²) in [6.45, 7) is 4.16. The van der Waals surface area contributed by atoms with Gasteiger partial charge in [-0.05, 0) is 20.0 Å². The van der Waals surface area contributed by atoms with E-state index in [-0.39, 0.29) is 0 Å². The quantitative estimate of drug-likeness (QED) is 0.912. The summed E-state index contributed by atoms with van der Waals surface area (Å²) in [5.74, 6) is 2.15. The van der Waals surface area contributed by atoms with Gasteiger partial charge in [-0.2, -0.15) is 0 Å². The van der Waals surface area contributed by atoms with Crippen molar-refractivity contribution < 1.29 is 0 Å². The van der Waals surface area contributed by atoms with Crippen LogP contribution in [0, 0.1) is 0 Å². The number of likely N-dealkylation sites (N-methyl/N-ethyl adjacent to an activating group) is 1. The second kappa shape index (κ2) is 6.10. The highest BCUT2D eigenvalue weighted by Gasteiger charge is 2.15. The SMILES string of the molecule is CN1CCCN(c2cc(N)nc(-c3ccccc3)n2)CC1. The number of rotatable bonds is 2. The minimum Gasteiger partial charge on any atom is -0.384 e. The van der Waals surface area contributed by atoms with Crippen LogP contribution in [0.4, 0.5) is 11.6 Å². The van der Waals surface area contributed by atoms with Crippen LogP contribution in [0.1, 0.15) is 6.42 Å². The van der Waals surface area contributed by atoms with Crippen LogP contribution in [0.3, 0.4) is 0 Å². The summed E-state index contributed by atoms with van der Waals surface area (Å²) in [7, 11) is 2.16. The lowest BCUT2D eigenvalue weighted by molar-refractivity contribution is 0.360. The van der Waals surface area contributed by atoms with E-state index in [0.717, 1.165) is 44.0 Å². The number of nitrogens with two attached hydrogens (primary N) is 1. The molecule has 1 aliphatic rings. The number of hydrogen-bond acceptors (Lipinski definition) is 5. The molecule has 21 heavy (non-hydrogen) atoms. The Bertz CT molecular complexity index is 599. The van der Waals surface area contributed by atoms with Crippen molar-refractivity contribution in [3.63, 3.8) is 0 Å². The zero-order valence-corrected chi connectivity index (χ0v) is 12.4. The van der Waals surface area contributed by atoms with Crippen LogP contribution in [0.5, 0.6) is 0 Å². The van der Waals surface area contributed by atoms with Gasteiger partial charge in [0.1, 0.15) is 11.6 Å². The average Bonchev–Trinajstić information content (AvgIpc) is 2.72. The van der Waals surface area contributed by atoms with Crippen molar-refractivity contribution in [3.05, 3.63) is 36.4 Å². The van der Waals surface area contributed by atoms with Gasteiger partial charge in [-0.15, -0.1) is 0 Å². The van der Waals surface area contributed by atoms with E-state index < -0.39 is 0 Å². The first kappa shape index (κ1) is 13.8. The van der Waals surface area contributed by atoms with Gasteiger partial charge in [-0.1, -0.05) is 30.3 Å². The number of benzene rings is 1. The lowest BCUT2D eigenvalue weighted by Crippen LogP contribution is -2.29. The highest BCUT2D eigenvalue weighted by atomic mass is 15.2. The second-order valence-electron chi connectivity index (χ2n) is 5.48. The maximum Gasteiger partial charge on any atom is 0.163 e. The van der Waals surface area contributed by atoms with Crippen molar-refractivity contribution in [2.75, 3.05) is 43.9 Å². The molecule has 0 bridgehead atoms. The lowest BCUT2D eigenvalue weighted by atomic mass is 10.2. The second-order valence-corrected chi connectivity index (χ2v) is 5.48. The van der Waals surface area contributed by atoms with Crippen molar-refractivity contribution >= 4 is 11.6 Å². The number of anilines is 2. The fourth-order valence-electron chi connectivity index (χ4n) is 2.61. The Kier molecular flexibility index (Phi) is 4.01. The van der Waals surface area contributed by atoms with Crippen molar-refractivity contribution in [3.8, 4) is 11.4 Å². The van der Waals surface area contributed by atoms with E-state index in [1.54, 1.807) is 0 Å². The number of aromatic nitrogens is 2. The molecule has 0 unspecified atom stereocenters. The molecule has 2 aromatic rings. The van der Waals surface area contributed by atoms with E-state index >= 15 is 0 Å². The predicted molar refractivity (Wildman–Crippen MR) is 86.2 cm³/mol. The van der Waals surface area contributed by atoms with Crippen molar-refractivity contribution in [1.29, 1.82) is 0 Å². The summed E-state index contributed by atoms with van der Waals surface area (Å²) >= 11 is 0. The molecule has 0 saturated carbocycles. The zero-order valence-electron chi connectivity index (χ0n) is 12.4. The van der Waals surface area contributed by atoms with E-state index in [4.69, 9.17) is 10.7 Å². The Morgan fingerprint density at radius 1 is 1.00 bits per heavy atom. The average molecular weight is 283 g/mol. The molecule has 1 aromatic carbocycles. The van der Waals surface area contributed by atoms with Crippen LogP contribution in [-0.4, -0.2) is 48.1 Å². The minimum atomic E-state index is 0.524. The molecule has 0 atom stereocenters. The maximum absolute atomic E-state index is 5.98. The molecule has 1 saturated heterocycles. The van der Waals surface area contributed by atoms with Crippen LogP contribution in [-0.2, 0) is 0 Å². The van der Waals surface area contributed by atoms with Crippen molar-refractivity contribution in [2.45, 2.75) is 6.42 Å². The van der Waals surface area contributed by atoms with Crippen LogP contribution >= 0.6 is 0 Å². The summed E-state index contributed by atoms with van der Waals surface area (Å²) in [6.07, 6.45) is 1.14. The third-order valence-corrected chi connectivity index (χ3v) is 3.81. The van der Waals surface area contributed by atoms with E-state index in [1.807, 2.05) is 36.4 Å². The molecular formula is C16H21N5. The van der Waals surface area contributed by atoms with Gasteiger partial charge in [-0.25, -0.2) is 9.97 Å². The fourth-order valence-corrected chi connectivity index (χ4v) is 2.61. The number of nitrogen functional groups attached to an aromatic ring is 1. The highest BCUT2D eigenvalue weighted by Crippen LogP contribution is 2.21. The van der Waals surface area contributed by atoms with Gasteiger partial charge in [0.25, 0.3) is 0 Å². The Morgan fingerprint density at radius 3 is 2.62 bits per heavy atom. The minimum absolute atomic E-state index is 0.524. The number of nitrogens with zero attached hydrogens (tertiary/aromatic N) is 4. The fraction of sp³-hybridized carbons (Fsp3) is 0.375. The first-order valence-corrected chi connectivity index (χ1v) is 7.36. The molecule has 5 heteroatoms. The normalized spacial score (nSPS) is 16.7. The van der Waals surface area contributed by atoms with Crippen LogP contribution in [0.2, 0.25) is 0 Å². The topological polar surface area (TPSA) is 58.3 Å². The molecule has 0 radical (unpaired) electrons. The van der Waals surface area contributed by atoms with E-state index in [2.05, 4.69) is 21.8 Å². The standard InChI is InChI=1S/C16H21N5/c1-20-8-5-9-21(11-10-20)15-12-14(17)18-16(19-15)13-6-3-2-4-7-13/h2-4,6-7,12H,5,8-11H2,1H3,(H2,17,18,19). The summed E-state index contributed by atoms with van der Waals surface area (Å²) in [6, 6.07) is 11.9. The molecule has 1 fully saturated rings. The van der Waals surface area contributed by atoms with Crippen molar-refractivity contribution in [2.24, 2.45) is 0 Å². The summed E-state index contributed by atoms with van der Waals surface area (Å²) in [4.78, 5) is 13.7. The van der Waals surface area contributed by atoms with E-state index in [1.165, 1.54) is 0 Å². The molecule has 2 heterocycles. The predicted octanol–water partition coefficient (Wildman–Crippen LogP) is 1.87. The van der Waals surface area contributed by atoms with Gasteiger partial charge in [0, 0.05) is 31.3 Å². The lowest BCUT2D eigenvalue weighted by Gasteiger charge is -2.22. The highest BCUT2D eigenvalue weighted by molar-refractivity contribution is 5.60. The van der Waals surface area contributed by atoms with E-state index in [9.17, 15) is 0 Å². The third-order valence-electron chi connectivity index (χ3n) is 3.81. The number of hydrogen-bond donors (Lipinski definition) is 1.